The van der Waals surface area contributed by atoms with Crippen LogP contribution in [0.15, 0.2) is 0 Å². The largest absolute Gasteiger partial charge is 0.468 e. The van der Waals surface area contributed by atoms with Crippen molar-refractivity contribution >= 4 is 5.97 Å². The molecular formula is C13H25NO3. The number of hydrogen-bond donors (Lipinski definition) is 1. The molecule has 1 aliphatic carbocycles. The van der Waals surface area contributed by atoms with Crippen LogP contribution in [-0.4, -0.2) is 39.4 Å². The fraction of sp³-hybridized carbons (Fsp3) is 0.923. The van der Waals surface area contributed by atoms with E-state index in [4.69, 9.17) is 9.47 Å². The highest BCUT2D eigenvalue weighted by atomic mass is 16.5. The minimum atomic E-state index is -0.159. The molecule has 1 unspecified atom stereocenters. The first-order valence-corrected chi connectivity index (χ1v) is 6.59. The van der Waals surface area contributed by atoms with Gasteiger partial charge in [-0.3, -0.25) is 4.79 Å². The number of rotatable bonds is 6. The van der Waals surface area contributed by atoms with Crippen LogP contribution in [0.4, 0.5) is 0 Å². The first-order chi connectivity index (χ1) is 8.29. The quantitative estimate of drug-likeness (QED) is 0.438. The molecule has 0 bridgehead atoms. The summed E-state index contributed by atoms with van der Waals surface area (Å²) in [6, 6.07) is -0.159. The lowest BCUT2D eigenvalue weighted by Gasteiger charge is -2.24. The maximum Gasteiger partial charge on any atom is 0.323 e. The van der Waals surface area contributed by atoms with E-state index in [2.05, 4.69) is 5.32 Å². The number of esters is 1. The van der Waals surface area contributed by atoms with E-state index in [1.165, 1.54) is 32.8 Å². The van der Waals surface area contributed by atoms with E-state index in [-0.39, 0.29) is 12.0 Å². The van der Waals surface area contributed by atoms with Crippen LogP contribution in [0.25, 0.3) is 0 Å². The van der Waals surface area contributed by atoms with Gasteiger partial charge < -0.3 is 14.8 Å². The van der Waals surface area contributed by atoms with E-state index in [9.17, 15) is 4.79 Å². The Kier molecular flexibility index (Phi) is 7.21. The van der Waals surface area contributed by atoms with Crippen molar-refractivity contribution in [2.75, 3.05) is 27.4 Å². The summed E-state index contributed by atoms with van der Waals surface area (Å²) in [6.45, 7) is 1.33. The average Bonchev–Trinajstić information content (AvgIpc) is 2.62. The Hall–Kier alpha value is -0.610. The summed E-state index contributed by atoms with van der Waals surface area (Å²) in [5.41, 5.74) is 0. The second-order valence-corrected chi connectivity index (χ2v) is 4.70. The second-order valence-electron chi connectivity index (χ2n) is 4.70. The average molecular weight is 243 g/mol. The highest BCUT2D eigenvalue weighted by Gasteiger charge is 2.28. The van der Waals surface area contributed by atoms with Gasteiger partial charge in [0.15, 0.2) is 0 Å². The second kappa shape index (κ2) is 8.48. The van der Waals surface area contributed by atoms with E-state index in [1.807, 2.05) is 0 Å². The smallest absolute Gasteiger partial charge is 0.323 e. The zero-order chi connectivity index (χ0) is 12.5. The molecule has 0 saturated heterocycles. The molecule has 1 saturated carbocycles. The molecule has 0 aromatic carbocycles. The predicted octanol–water partition coefficient (Wildman–Crippen LogP) is 1.73. The summed E-state index contributed by atoms with van der Waals surface area (Å²) in [5.74, 6) is 0.287. The molecule has 0 amide bonds. The first kappa shape index (κ1) is 14.5. The van der Waals surface area contributed by atoms with Gasteiger partial charge in [0.2, 0.25) is 0 Å². The van der Waals surface area contributed by atoms with Crippen molar-refractivity contribution in [3.05, 3.63) is 0 Å². The third-order valence-electron chi connectivity index (χ3n) is 3.50. The molecule has 1 rings (SSSR count). The van der Waals surface area contributed by atoms with E-state index in [0.717, 1.165) is 12.8 Å². The molecule has 1 N–H and O–H groups in total. The predicted molar refractivity (Wildman–Crippen MR) is 66.9 cm³/mol. The van der Waals surface area contributed by atoms with Gasteiger partial charge in [-0.25, -0.2) is 0 Å². The number of ether oxygens (including phenoxy) is 2. The van der Waals surface area contributed by atoms with Gasteiger partial charge >= 0.3 is 5.97 Å². The summed E-state index contributed by atoms with van der Waals surface area (Å²) >= 11 is 0. The molecule has 100 valence electrons. The summed E-state index contributed by atoms with van der Waals surface area (Å²) in [7, 11) is 3.13. The molecule has 0 aromatic heterocycles. The first-order valence-electron chi connectivity index (χ1n) is 6.59. The number of nitrogens with one attached hydrogen (secondary N) is 1. The fourth-order valence-electron chi connectivity index (χ4n) is 2.53. The fourth-order valence-corrected chi connectivity index (χ4v) is 2.53. The Labute approximate surface area is 104 Å². The molecule has 1 atom stereocenters. The van der Waals surface area contributed by atoms with Crippen molar-refractivity contribution in [2.45, 2.75) is 44.6 Å². The van der Waals surface area contributed by atoms with Gasteiger partial charge in [0.1, 0.15) is 6.04 Å². The maximum atomic E-state index is 11.8. The third kappa shape index (κ3) is 5.04. The minimum absolute atomic E-state index is 0.131. The molecule has 17 heavy (non-hydrogen) atoms. The number of carbonyl (C=O) groups is 1. The lowest BCUT2D eigenvalue weighted by molar-refractivity contribution is -0.144. The van der Waals surface area contributed by atoms with E-state index in [0.29, 0.717) is 19.1 Å². The van der Waals surface area contributed by atoms with Crippen LogP contribution >= 0.6 is 0 Å². The number of carbonyl (C=O) groups excluding carboxylic acids is 1. The van der Waals surface area contributed by atoms with E-state index < -0.39 is 0 Å². The lowest BCUT2D eigenvalue weighted by Crippen LogP contribution is -2.44. The Bertz CT molecular complexity index is 213. The normalized spacial score (nSPS) is 19.6. The lowest BCUT2D eigenvalue weighted by atomic mass is 9.92. The van der Waals surface area contributed by atoms with Crippen LogP contribution in [0, 0.1) is 5.92 Å². The SMILES string of the molecule is COCCNC(C(=O)OC)C1CCCCCC1. The molecule has 1 fully saturated rings. The molecule has 0 heterocycles. The highest BCUT2D eigenvalue weighted by Crippen LogP contribution is 2.26. The Morgan fingerprint density at radius 3 is 2.41 bits per heavy atom. The molecule has 0 aliphatic heterocycles. The maximum absolute atomic E-state index is 11.8. The minimum Gasteiger partial charge on any atom is -0.468 e. The zero-order valence-electron chi connectivity index (χ0n) is 11.0. The molecule has 4 nitrogen and oxygen atoms in total. The van der Waals surface area contributed by atoms with Crippen molar-refractivity contribution in [3.8, 4) is 0 Å². The van der Waals surface area contributed by atoms with Gasteiger partial charge in [0.25, 0.3) is 0 Å². The molecule has 0 aromatic rings. The molecular weight excluding hydrogens is 218 g/mol. The highest BCUT2D eigenvalue weighted by molar-refractivity contribution is 5.76. The van der Waals surface area contributed by atoms with Crippen LogP contribution in [0.3, 0.4) is 0 Å². The van der Waals surface area contributed by atoms with Crippen molar-refractivity contribution in [3.63, 3.8) is 0 Å². The van der Waals surface area contributed by atoms with Gasteiger partial charge in [-0.1, -0.05) is 25.7 Å². The van der Waals surface area contributed by atoms with E-state index in [1.54, 1.807) is 7.11 Å². The van der Waals surface area contributed by atoms with Gasteiger partial charge in [-0.05, 0) is 18.8 Å². The van der Waals surface area contributed by atoms with Gasteiger partial charge in [0.05, 0.1) is 13.7 Å². The van der Waals surface area contributed by atoms with Gasteiger partial charge in [0, 0.05) is 13.7 Å². The van der Waals surface area contributed by atoms with Crippen LogP contribution < -0.4 is 5.32 Å². The van der Waals surface area contributed by atoms with E-state index >= 15 is 0 Å². The summed E-state index contributed by atoms with van der Waals surface area (Å²) < 4.78 is 9.90. The summed E-state index contributed by atoms with van der Waals surface area (Å²) in [5, 5.41) is 3.27. The standard InChI is InChI=1S/C13H25NO3/c1-16-10-9-14-12(13(15)17-2)11-7-5-3-4-6-8-11/h11-12,14H,3-10H2,1-2H3. The molecule has 0 spiro atoms. The summed E-state index contributed by atoms with van der Waals surface area (Å²) in [6.07, 6.45) is 7.29. The Morgan fingerprint density at radius 1 is 1.24 bits per heavy atom. The van der Waals surface area contributed by atoms with Crippen molar-refractivity contribution < 1.29 is 14.3 Å². The van der Waals surface area contributed by atoms with Crippen molar-refractivity contribution in [1.29, 1.82) is 0 Å². The van der Waals surface area contributed by atoms with Crippen molar-refractivity contribution in [1.82, 2.24) is 5.32 Å². The number of methoxy groups -OCH3 is 2. The topological polar surface area (TPSA) is 47.6 Å². The Balaban J connectivity index is 2.50. The van der Waals surface area contributed by atoms with Crippen LogP contribution in [-0.2, 0) is 14.3 Å². The van der Waals surface area contributed by atoms with Gasteiger partial charge in [-0.15, -0.1) is 0 Å². The van der Waals surface area contributed by atoms with Crippen LogP contribution in [0.5, 0.6) is 0 Å². The zero-order valence-corrected chi connectivity index (χ0v) is 11.0. The molecule has 0 radical (unpaired) electrons. The monoisotopic (exact) mass is 243 g/mol. The molecule has 1 aliphatic rings. The Morgan fingerprint density at radius 2 is 1.88 bits per heavy atom. The summed E-state index contributed by atoms with van der Waals surface area (Å²) in [4.78, 5) is 11.8. The van der Waals surface area contributed by atoms with Crippen LogP contribution in [0.1, 0.15) is 38.5 Å². The molecule has 4 heteroatoms. The third-order valence-corrected chi connectivity index (χ3v) is 3.50. The van der Waals surface area contributed by atoms with Crippen molar-refractivity contribution in [2.24, 2.45) is 5.92 Å². The van der Waals surface area contributed by atoms with Gasteiger partial charge in [-0.2, -0.15) is 0 Å². The number of hydrogen-bond acceptors (Lipinski definition) is 4. The van der Waals surface area contributed by atoms with Crippen LogP contribution in [0.2, 0.25) is 0 Å².